The van der Waals surface area contributed by atoms with E-state index in [0.717, 1.165) is 4.68 Å². The Hall–Kier alpha value is -4.11. The molecule has 39 heavy (non-hydrogen) atoms. The summed E-state index contributed by atoms with van der Waals surface area (Å²) in [6, 6.07) is 7.41. The number of aliphatic hydroxyl groups excluding tert-OH is 1. The van der Waals surface area contributed by atoms with E-state index in [2.05, 4.69) is 25.5 Å². The van der Waals surface area contributed by atoms with Gasteiger partial charge in [0.05, 0.1) is 24.3 Å². The van der Waals surface area contributed by atoms with Crippen LogP contribution in [0.4, 0.5) is 23.2 Å². The smallest absolute Gasteiger partial charge is 0.382 e. The quantitative estimate of drug-likeness (QED) is 0.313. The molecule has 1 amide bonds. The van der Waals surface area contributed by atoms with Crippen molar-refractivity contribution in [3.63, 3.8) is 0 Å². The fourth-order valence-corrected chi connectivity index (χ4v) is 3.88. The van der Waals surface area contributed by atoms with Crippen LogP contribution in [-0.4, -0.2) is 63.6 Å². The summed E-state index contributed by atoms with van der Waals surface area (Å²) in [6.45, 7) is -1.41. The first kappa shape index (κ1) is 26.5. The number of benzene rings is 1. The second-order valence-electron chi connectivity index (χ2n) is 8.78. The summed E-state index contributed by atoms with van der Waals surface area (Å²) in [6.07, 6.45) is -4.69. The molecule has 2 unspecified atom stereocenters. The molecule has 0 saturated heterocycles. The molecule has 11 nitrogen and oxygen atoms in total. The highest BCUT2D eigenvalue weighted by Crippen LogP contribution is 2.35. The van der Waals surface area contributed by atoms with Crippen molar-refractivity contribution in [2.45, 2.75) is 38.0 Å². The minimum atomic E-state index is -4.96. The van der Waals surface area contributed by atoms with E-state index in [9.17, 15) is 32.3 Å². The molecule has 4 aromatic rings. The number of anilines is 1. The van der Waals surface area contributed by atoms with Crippen molar-refractivity contribution in [1.29, 1.82) is 0 Å². The molecule has 16 heteroatoms. The number of amides is 1. The lowest BCUT2D eigenvalue weighted by atomic mass is 10.2. The van der Waals surface area contributed by atoms with E-state index in [1.807, 2.05) is 0 Å². The van der Waals surface area contributed by atoms with Crippen LogP contribution in [0.2, 0.25) is 5.02 Å². The van der Waals surface area contributed by atoms with E-state index in [4.69, 9.17) is 11.6 Å². The molecular weight excluding hydrogens is 548 g/mol. The maximum atomic E-state index is 13.3. The number of hydrogen-bond donors (Lipinski definition) is 2. The number of nitrogens with zero attached hydrogens (tertiary/aromatic N) is 7. The monoisotopic (exact) mass is 566 g/mol. The van der Waals surface area contributed by atoms with Gasteiger partial charge in [-0.3, -0.25) is 14.3 Å². The predicted octanol–water partition coefficient (Wildman–Crippen LogP) is 2.61. The first-order valence-corrected chi connectivity index (χ1v) is 11.9. The van der Waals surface area contributed by atoms with Crippen molar-refractivity contribution in [3.05, 3.63) is 70.4 Å². The van der Waals surface area contributed by atoms with E-state index in [-0.39, 0.29) is 24.6 Å². The van der Waals surface area contributed by atoms with E-state index in [1.165, 1.54) is 53.7 Å². The Morgan fingerprint density at radius 2 is 1.92 bits per heavy atom. The van der Waals surface area contributed by atoms with Crippen LogP contribution in [0.3, 0.4) is 0 Å². The fraction of sp³-hybridized carbons (Fsp3) is 0.304. The summed E-state index contributed by atoms with van der Waals surface area (Å²) in [5.74, 6) is -1.26. The Balaban J connectivity index is 1.43. The fourth-order valence-electron chi connectivity index (χ4n) is 3.75. The van der Waals surface area contributed by atoms with Crippen LogP contribution in [0.15, 0.2) is 53.8 Å². The van der Waals surface area contributed by atoms with Crippen LogP contribution in [0.25, 0.3) is 17.1 Å². The molecule has 0 radical (unpaired) electrons. The van der Waals surface area contributed by atoms with Crippen molar-refractivity contribution in [1.82, 2.24) is 34.1 Å². The standard InChI is InChI=1S/C23H19ClF4N8O3/c24-13-3-1-12(2-4-13)20-33-35(22(39)34(20)9-18(37)23(26,27)28)10-19-30-11-36(32-19)17-8-29-6-5-16(17)31-21(38)14-7-15(14)25/h1-6,8,11,14-15,18,37H,7,9-10H2,(H,29,31,38)/t14?,15?,18-/m0/s1. The lowest BCUT2D eigenvalue weighted by Gasteiger charge is -2.15. The molecule has 1 fully saturated rings. The van der Waals surface area contributed by atoms with Gasteiger partial charge < -0.3 is 10.4 Å². The average Bonchev–Trinajstić information content (AvgIpc) is 3.32. The molecule has 0 aliphatic heterocycles. The zero-order chi connectivity index (χ0) is 27.9. The van der Waals surface area contributed by atoms with Crippen molar-refractivity contribution >= 4 is 23.2 Å². The van der Waals surface area contributed by atoms with Gasteiger partial charge in [0, 0.05) is 16.8 Å². The number of carbonyl (C=O) groups is 1. The van der Waals surface area contributed by atoms with Crippen LogP contribution in [0.1, 0.15) is 12.2 Å². The SMILES string of the molecule is O=C(Nc1ccncc1-n1cnc(Cn2nc(-c3ccc(Cl)cc3)n(C[C@H](O)C(F)(F)F)c2=O)n1)C1CC1F. The van der Waals surface area contributed by atoms with Crippen molar-refractivity contribution in [3.8, 4) is 17.1 Å². The molecule has 2 N–H and O–H groups in total. The predicted molar refractivity (Wildman–Crippen MR) is 129 cm³/mol. The maximum Gasteiger partial charge on any atom is 0.416 e. The van der Waals surface area contributed by atoms with Gasteiger partial charge in [-0.1, -0.05) is 11.6 Å². The number of carbonyl (C=O) groups excluding carboxylic acids is 1. The maximum absolute atomic E-state index is 13.3. The minimum absolute atomic E-state index is 0.0629. The van der Waals surface area contributed by atoms with Gasteiger partial charge >= 0.3 is 11.9 Å². The molecule has 204 valence electrons. The Labute approximate surface area is 221 Å². The van der Waals surface area contributed by atoms with Crippen molar-refractivity contribution < 1.29 is 27.5 Å². The highest BCUT2D eigenvalue weighted by atomic mass is 35.5. The number of alkyl halides is 4. The molecule has 3 aromatic heterocycles. The molecule has 3 atom stereocenters. The van der Waals surface area contributed by atoms with E-state index >= 15 is 0 Å². The minimum Gasteiger partial charge on any atom is -0.382 e. The summed E-state index contributed by atoms with van der Waals surface area (Å²) in [4.78, 5) is 33.4. The number of rotatable bonds is 8. The largest absolute Gasteiger partial charge is 0.416 e. The zero-order valence-corrected chi connectivity index (χ0v) is 20.5. The second kappa shape index (κ2) is 10.2. The van der Waals surface area contributed by atoms with Crippen LogP contribution >= 0.6 is 11.6 Å². The van der Waals surface area contributed by atoms with Crippen LogP contribution in [-0.2, 0) is 17.9 Å². The molecule has 1 saturated carbocycles. The van der Waals surface area contributed by atoms with E-state index in [0.29, 0.717) is 26.5 Å². The topological polar surface area (TPSA) is 133 Å². The summed E-state index contributed by atoms with van der Waals surface area (Å²) >= 11 is 5.90. The number of pyridine rings is 1. The third-order valence-electron chi connectivity index (χ3n) is 5.94. The summed E-state index contributed by atoms with van der Waals surface area (Å²) in [7, 11) is 0. The molecular formula is C23H19ClF4N8O3. The van der Waals surface area contributed by atoms with Crippen LogP contribution in [0.5, 0.6) is 0 Å². The lowest BCUT2D eigenvalue weighted by Crippen LogP contribution is -2.37. The van der Waals surface area contributed by atoms with Gasteiger partial charge in [0.15, 0.2) is 17.8 Å². The lowest BCUT2D eigenvalue weighted by molar-refractivity contribution is -0.207. The number of aliphatic hydroxyl groups is 1. The Morgan fingerprint density at radius 3 is 2.59 bits per heavy atom. The van der Waals surface area contributed by atoms with E-state index < -0.39 is 42.5 Å². The number of nitrogens with one attached hydrogen (secondary N) is 1. The Bertz CT molecular complexity index is 1570. The summed E-state index contributed by atoms with van der Waals surface area (Å²) < 4.78 is 55.3. The number of hydrogen-bond acceptors (Lipinski definition) is 7. The molecule has 3 heterocycles. The molecule has 1 aliphatic rings. The Kier molecular flexibility index (Phi) is 6.94. The second-order valence-corrected chi connectivity index (χ2v) is 9.22. The van der Waals surface area contributed by atoms with Gasteiger partial charge in [0.2, 0.25) is 5.91 Å². The van der Waals surface area contributed by atoms with Crippen molar-refractivity contribution in [2.75, 3.05) is 5.32 Å². The van der Waals surface area contributed by atoms with Crippen LogP contribution < -0.4 is 11.0 Å². The summed E-state index contributed by atoms with van der Waals surface area (Å²) in [5, 5.41) is 21.0. The van der Waals surface area contributed by atoms with Gasteiger partial charge in [-0.05, 0) is 36.8 Å². The van der Waals surface area contributed by atoms with Crippen molar-refractivity contribution in [2.24, 2.45) is 5.92 Å². The highest BCUT2D eigenvalue weighted by Gasteiger charge is 2.44. The normalized spacial score (nSPS) is 17.7. The molecule has 5 rings (SSSR count). The summed E-state index contributed by atoms with van der Waals surface area (Å²) in [5.41, 5.74) is -0.0176. The third kappa shape index (κ3) is 5.68. The van der Waals surface area contributed by atoms with Crippen LogP contribution in [0, 0.1) is 5.92 Å². The number of halogens is 5. The van der Waals surface area contributed by atoms with E-state index in [1.54, 1.807) is 0 Å². The zero-order valence-electron chi connectivity index (χ0n) is 19.8. The first-order valence-electron chi connectivity index (χ1n) is 11.5. The molecule has 1 aliphatic carbocycles. The van der Waals surface area contributed by atoms with Gasteiger partial charge in [-0.15, -0.1) is 10.2 Å². The highest BCUT2D eigenvalue weighted by molar-refractivity contribution is 6.30. The van der Waals surface area contributed by atoms with Gasteiger partial charge in [-0.25, -0.2) is 23.5 Å². The number of aromatic nitrogens is 7. The average molecular weight is 567 g/mol. The molecule has 1 aromatic carbocycles. The Morgan fingerprint density at radius 1 is 1.21 bits per heavy atom. The molecule has 0 spiro atoms. The third-order valence-corrected chi connectivity index (χ3v) is 6.20. The van der Waals surface area contributed by atoms with Gasteiger partial charge in [0.1, 0.15) is 24.7 Å². The molecule has 0 bridgehead atoms. The first-order chi connectivity index (χ1) is 18.5. The van der Waals surface area contributed by atoms with Gasteiger partial charge in [0.25, 0.3) is 0 Å². The van der Waals surface area contributed by atoms with Gasteiger partial charge in [-0.2, -0.15) is 13.2 Å².